The molecule has 0 saturated heterocycles. The van der Waals surface area contributed by atoms with Crippen molar-refractivity contribution in [2.24, 2.45) is 0 Å². The normalized spacial score (nSPS) is 11.3. The molecule has 1 rings (SSSR count). The Kier molecular flexibility index (Phi) is 6.62. The van der Waals surface area contributed by atoms with Gasteiger partial charge < -0.3 is 10.8 Å². The smallest absolute Gasteiger partial charge is 0.215 e. The molecular weight excluding hydrogens is 229 g/mol. The lowest BCUT2D eigenvalue weighted by Gasteiger charge is -2.13. The van der Waals surface area contributed by atoms with Crippen molar-refractivity contribution in [2.45, 2.75) is 18.2 Å². The number of nitrogens with one attached hydrogen (secondary N) is 1. The maximum Gasteiger partial charge on any atom is 0.215 e. The van der Waals surface area contributed by atoms with E-state index in [-0.39, 0.29) is 16.3 Å². The van der Waals surface area contributed by atoms with Gasteiger partial charge in [0.05, 0.1) is 0 Å². The Hall–Kier alpha value is -0.528. The summed E-state index contributed by atoms with van der Waals surface area (Å²) in [6, 6.07) is 7.62. The number of amides is 1. The molecule has 3 nitrogen and oxygen atoms in total. The van der Waals surface area contributed by atoms with Crippen LogP contribution >= 0.6 is 11.6 Å². The quantitative estimate of drug-likeness (QED) is 0.778. The third kappa shape index (κ3) is 5.81. The molecule has 0 fully saturated rings. The Bertz CT molecular complexity index is 316. The maximum absolute atomic E-state index is 10.8. The van der Waals surface area contributed by atoms with Crippen LogP contribution in [0.5, 0.6) is 0 Å². The van der Waals surface area contributed by atoms with Crippen molar-refractivity contribution in [2.75, 3.05) is 0 Å². The predicted molar refractivity (Wildman–Crippen MR) is 62.1 cm³/mol. The minimum absolute atomic E-state index is 0. The van der Waals surface area contributed by atoms with Crippen LogP contribution in [0.15, 0.2) is 24.3 Å². The van der Waals surface area contributed by atoms with Crippen LogP contribution in [-0.4, -0.2) is 32.6 Å². The van der Waals surface area contributed by atoms with Gasteiger partial charge in [0.15, 0.2) is 16.3 Å². The van der Waals surface area contributed by atoms with Gasteiger partial charge in [0, 0.05) is 11.9 Å². The van der Waals surface area contributed by atoms with Crippen LogP contribution in [-0.2, 0) is 11.2 Å². The second-order valence-corrected chi connectivity index (χ2v) is 4.38. The summed E-state index contributed by atoms with van der Waals surface area (Å²) in [6.45, 7) is 1.51. The van der Waals surface area contributed by atoms with E-state index in [1.165, 1.54) is 6.92 Å². The van der Waals surface area contributed by atoms with Gasteiger partial charge in [0.2, 0.25) is 5.91 Å². The van der Waals surface area contributed by atoms with Gasteiger partial charge in [-0.05, 0) is 29.0 Å². The second-order valence-electron chi connectivity index (χ2n) is 3.14. The van der Waals surface area contributed by atoms with Crippen molar-refractivity contribution < 1.29 is 10.3 Å². The van der Waals surface area contributed by atoms with Gasteiger partial charge in [0.25, 0.3) is 0 Å². The van der Waals surface area contributed by atoms with Gasteiger partial charge in [0.1, 0.15) is 0 Å². The maximum atomic E-state index is 10.8. The third-order valence-electron chi connectivity index (χ3n) is 1.76. The van der Waals surface area contributed by atoms with Crippen LogP contribution in [0.4, 0.5) is 0 Å². The molecule has 15 heavy (non-hydrogen) atoms. The molecule has 3 N–H and O–H groups in total. The number of hydrogen-bond donors (Lipinski definition) is 1. The van der Waals surface area contributed by atoms with E-state index < -0.39 is 0 Å². The van der Waals surface area contributed by atoms with Crippen molar-refractivity contribution >= 4 is 33.8 Å². The topological polar surface area (TPSA) is 60.6 Å². The summed E-state index contributed by atoms with van der Waals surface area (Å²) in [4.78, 5) is 10.8. The number of carbonyl (C=O) groups is 1. The Labute approximate surface area is 103 Å². The molecule has 1 amide bonds. The summed E-state index contributed by atoms with van der Waals surface area (Å²) in [7, 11) is 0. The van der Waals surface area contributed by atoms with Crippen LogP contribution in [0.2, 0.25) is 5.02 Å². The molecule has 1 aromatic rings. The fourth-order valence-corrected chi connectivity index (χ4v) is 1.82. The molecule has 0 aliphatic heterocycles. The van der Waals surface area contributed by atoms with Crippen LogP contribution in [0.1, 0.15) is 12.5 Å². The van der Waals surface area contributed by atoms with Crippen molar-refractivity contribution in [1.29, 1.82) is 0 Å². The molecule has 2 radical (unpaired) electrons. The van der Waals surface area contributed by atoms with Crippen molar-refractivity contribution in [3.63, 3.8) is 0 Å². The van der Waals surface area contributed by atoms with Crippen molar-refractivity contribution in [1.82, 2.24) is 5.32 Å². The molecule has 1 atom stereocenters. The number of halogens is 1. The SMILES string of the molecule is CC(=O)N[C@@H]([Al])Cc1ccc(Cl)cc1.O. The van der Waals surface area contributed by atoms with Crippen molar-refractivity contribution in [3.05, 3.63) is 34.9 Å². The first-order chi connectivity index (χ1) is 6.58. The standard InChI is InChI=1S/C10H11ClNO.Al.H2O/c1-8(13)12-7-6-9-2-4-10(11)5-3-9;;/h2-5,7H,6H2,1H3,(H,12,13);;1H2. The molecular formula is C10H13AlClNO2. The van der Waals surface area contributed by atoms with Gasteiger partial charge in [-0.1, -0.05) is 23.7 Å². The molecule has 1 aromatic carbocycles. The second kappa shape index (κ2) is 6.87. The van der Waals surface area contributed by atoms with E-state index in [2.05, 4.69) is 21.6 Å². The summed E-state index contributed by atoms with van der Waals surface area (Å²) < 4.78 is 0. The van der Waals surface area contributed by atoms with E-state index in [9.17, 15) is 4.79 Å². The van der Waals surface area contributed by atoms with E-state index in [1.807, 2.05) is 24.3 Å². The zero-order valence-corrected chi connectivity index (χ0v) is 10.4. The highest BCUT2D eigenvalue weighted by Crippen LogP contribution is 2.10. The number of carbonyl (C=O) groups excluding carboxylic acids is 1. The number of benzene rings is 1. The highest BCUT2D eigenvalue weighted by Gasteiger charge is 2.03. The van der Waals surface area contributed by atoms with Crippen LogP contribution < -0.4 is 5.32 Å². The first-order valence-corrected chi connectivity index (χ1v) is 5.39. The van der Waals surface area contributed by atoms with Crippen molar-refractivity contribution in [3.8, 4) is 0 Å². The molecule has 0 aromatic heterocycles. The van der Waals surface area contributed by atoms with E-state index in [0.29, 0.717) is 0 Å². The highest BCUT2D eigenvalue weighted by atomic mass is 35.5. The van der Waals surface area contributed by atoms with E-state index >= 15 is 0 Å². The van der Waals surface area contributed by atoms with Crippen LogP contribution in [0, 0.1) is 0 Å². The summed E-state index contributed by atoms with van der Waals surface area (Å²) in [5.74, 6) is -0.0148. The molecule has 0 heterocycles. The van der Waals surface area contributed by atoms with Gasteiger partial charge in [-0.15, -0.1) is 0 Å². The Morgan fingerprint density at radius 3 is 2.47 bits per heavy atom. The third-order valence-corrected chi connectivity index (χ3v) is 2.41. The lowest BCUT2D eigenvalue weighted by molar-refractivity contribution is -0.119. The average molecular weight is 242 g/mol. The molecule has 0 aliphatic carbocycles. The van der Waals surface area contributed by atoms with E-state index in [4.69, 9.17) is 11.6 Å². The van der Waals surface area contributed by atoms with Crippen LogP contribution in [0.3, 0.4) is 0 Å². The Balaban J connectivity index is 0.00000196. The minimum Gasteiger partial charge on any atom is -0.412 e. The lowest BCUT2D eigenvalue weighted by atomic mass is 10.1. The van der Waals surface area contributed by atoms with E-state index in [1.54, 1.807) is 0 Å². The molecule has 0 unspecified atom stereocenters. The predicted octanol–water partition coefficient (Wildman–Crippen LogP) is 0.688. The minimum atomic E-state index is -0.0148. The fraction of sp³-hybridized carbons (Fsp3) is 0.300. The summed E-state index contributed by atoms with van der Waals surface area (Å²) in [5.41, 5.74) is 1.16. The molecule has 0 saturated carbocycles. The van der Waals surface area contributed by atoms with Gasteiger partial charge >= 0.3 is 0 Å². The first kappa shape index (κ1) is 14.5. The Morgan fingerprint density at radius 1 is 1.47 bits per heavy atom. The highest BCUT2D eigenvalue weighted by molar-refractivity contribution is 6.30. The molecule has 0 spiro atoms. The Morgan fingerprint density at radius 2 is 2.00 bits per heavy atom. The van der Waals surface area contributed by atoms with Gasteiger partial charge in [-0.2, -0.15) is 0 Å². The zero-order chi connectivity index (χ0) is 10.6. The zero-order valence-electron chi connectivity index (χ0n) is 8.46. The summed E-state index contributed by atoms with van der Waals surface area (Å²) in [5, 5.41) is 3.53. The summed E-state index contributed by atoms with van der Waals surface area (Å²) >= 11 is 8.36. The molecule has 0 bridgehead atoms. The number of hydrogen-bond acceptors (Lipinski definition) is 1. The van der Waals surface area contributed by atoms with Gasteiger partial charge in [-0.3, -0.25) is 4.79 Å². The lowest BCUT2D eigenvalue weighted by Crippen LogP contribution is -2.34. The van der Waals surface area contributed by atoms with E-state index in [0.717, 1.165) is 17.0 Å². The fourth-order valence-electron chi connectivity index (χ4n) is 1.19. The molecule has 0 aliphatic rings. The summed E-state index contributed by atoms with van der Waals surface area (Å²) in [6.07, 6.45) is 0.793. The average Bonchev–Trinajstić information content (AvgIpc) is 2.07. The number of rotatable bonds is 3. The largest absolute Gasteiger partial charge is 0.412 e. The van der Waals surface area contributed by atoms with Crippen LogP contribution in [0.25, 0.3) is 0 Å². The van der Waals surface area contributed by atoms with Gasteiger partial charge in [-0.25, -0.2) is 0 Å². The molecule has 80 valence electrons. The monoisotopic (exact) mass is 241 g/mol. The first-order valence-electron chi connectivity index (χ1n) is 4.35. The molecule has 5 heteroatoms.